The largest absolute Gasteiger partial charge is 0.360 e. The number of rotatable bonds is 4. The van der Waals surface area contributed by atoms with Crippen molar-refractivity contribution >= 4 is 22.2 Å². The van der Waals surface area contributed by atoms with E-state index in [1.165, 1.54) is 5.69 Å². The zero-order valence-electron chi connectivity index (χ0n) is 16.2. The number of nitrogens with one attached hydrogen (secondary N) is 1. The van der Waals surface area contributed by atoms with E-state index in [1.54, 1.807) is 4.90 Å². The van der Waals surface area contributed by atoms with Gasteiger partial charge in [0.05, 0.1) is 31.7 Å². The highest BCUT2D eigenvalue weighted by molar-refractivity contribution is 5.91. The Morgan fingerprint density at radius 2 is 1.64 bits per heavy atom. The van der Waals surface area contributed by atoms with Gasteiger partial charge in [0.25, 0.3) is 0 Å². The average molecular weight is 373 g/mol. The van der Waals surface area contributed by atoms with Gasteiger partial charge in [-0.3, -0.25) is 4.40 Å². The van der Waals surface area contributed by atoms with E-state index in [1.807, 2.05) is 12.1 Å². The van der Waals surface area contributed by atoms with Gasteiger partial charge in [0.2, 0.25) is 0 Å². The van der Waals surface area contributed by atoms with Crippen LogP contribution in [0, 0.1) is 0 Å². The van der Waals surface area contributed by atoms with Crippen molar-refractivity contribution in [1.29, 1.82) is 0 Å². The van der Waals surface area contributed by atoms with Gasteiger partial charge in [0, 0.05) is 17.5 Å². The van der Waals surface area contributed by atoms with Crippen LogP contribution in [0.2, 0.25) is 0 Å². The van der Waals surface area contributed by atoms with Crippen LogP contribution in [0.15, 0.2) is 54.6 Å². The third-order valence-corrected chi connectivity index (χ3v) is 5.70. The topological polar surface area (TPSA) is 50.8 Å². The van der Waals surface area contributed by atoms with E-state index < -0.39 is 0 Å². The van der Waals surface area contributed by atoms with Crippen molar-refractivity contribution in [3.8, 4) is 0 Å². The molecule has 1 saturated heterocycles. The lowest BCUT2D eigenvalue weighted by atomic mass is 10.2. The van der Waals surface area contributed by atoms with E-state index in [0.29, 0.717) is 0 Å². The quantitative estimate of drug-likeness (QED) is 0.592. The van der Waals surface area contributed by atoms with E-state index in [4.69, 9.17) is 4.98 Å². The molecular formula is C22H25N6+. The van der Waals surface area contributed by atoms with E-state index in [-0.39, 0.29) is 0 Å². The second kappa shape index (κ2) is 7.20. The van der Waals surface area contributed by atoms with E-state index >= 15 is 0 Å². The molecule has 0 radical (unpaired) electrons. The summed E-state index contributed by atoms with van der Waals surface area (Å²) in [6.45, 7) is 7.37. The van der Waals surface area contributed by atoms with Crippen molar-refractivity contribution in [1.82, 2.24) is 19.6 Å². The number of benzene rings is 2. The van der Waals surface area contributed by atoms with Gasteiger partial charge in [-0.05, 0) is 24.3 Å². The summed E-state index contributed by atoms with van der Waals surface area (Å²) in [5.41, 5.74) is 3.24. The lowest BCUT2D eigenvalue weighted by Gasteiger charge is -2.33. The average Bonchev–Trinajstić information content (AvgIpc) is 3.18. The standard InChI is InChI=1S/C22H24N6/c1-2-20-23-19-11-7-6-10-18(19)22-25-24-21(28(20)22)16-26-12-14-27(15-13-26)17-8-4-3-5-9-17/h3-11H,2,12-16H2,1H3/p+1. The van der Waals surface area contributed by atoms with Crippen LogP contribution < -0.4 is 9.80 Å². The monoisotopic (exact) mass is 373 g/mol. The van der Waals surface area contributed by atoms with Gasteiger partial charge in [-0.15, -0.1) is 10.2 Å². The van der Waals surface area contributed by atoms with Gasteiger partial charge in [-0.2, -0.15) is 0 Å². The molecular weight excluding hydrogens is 348 g/mol. The molecule has 142 valence electrons. The van der Waals surface area contributed by atoms with E-state index in [0.717, 1.165) is 67.3 Å². The predicted octanol–water partition coefficient (Wildman–Crippen LogP) is 1.74. The highest BCUT2D eigenvalue weighted by Crippen LogP contribution is 2.19. The van der Waals surface area contributed by atoms with Gasteiger partial charge in [-0.25, -0.2) is 4.98 Å². The molecule has 0 amide bonds. The zero-order valence-corrected chi connectivity index (χ0v) is 16.2. The summed E-state index contributed by atoms with van der Waals surface area (Å²) in [4.78, 5) is 8.89. The smallest absolute Gasteiger partial charge is 0.194 e. The number of hydrogen-bond acceptors (Lipinski definition) is 4. The number of hydrogen-bond donors (Lipinski definition) is 1. The van der Waals surface area contributed by atoms with Gasteiger partial charge < -0.3 is 9.80 Å². The molecule has 1 aliphatic rings. The minimum Gasteiger partial charge on any atom is -0.360 e. The van der Waals surface area contributed by atoms with Crippen LogP contribution in [-0.2, 0) is 13.0 Å². The Hall–Kier alpha value is -2.99. The Kier molecular flexibility index (Phi) is 4.41. The summed E-state index contributed by atoms with van der Waals surface area (Å²) in [7, 11) is 0. The van der Waals surface area contributed by atoms with Crippen molar-refractivity contribution in [2.24, 2.45) is 0 Å². The molecule has 5 rings (SSSR count). The Balaban J connectivity index is 1.40. The van der Waals surface area contributed by atoms with Gasteiger partial charge in [0.1, 0.15) is 12.4 Å². The lowest BCUT2D eigenvalue weighted by molar-refractivity contribution is -0.915. The van der Waals surface area contributed by atoms with Crippen LogP contribution in [0.3, 0.4) is 0 Å². The second-order valence-corrected chi connectivity index (χ2v) is 7.42. The first-order chi connectivity index (χ1) is 13.8. The molecule has 0 unspecified atom stereocenters. The lowest BCUT2D eigenvalue weighted by Crippen LogP contribution is -3.13. The molecule has 1 N–H and O–H groups in total. The highest BCUT2D eigenvalue weighted by Gasteiger charge is 2.23. The molecule has 0 atom stereocenters. The number of fused-ring (bicyclic) bond motifs is 3. The first kappa shape index (κ1) is 17.1. The molecule has 0 spiro atoms. The van der Waals surface area contributed by atoms with Crippen LogP contribution in [0.25, 0.3) is 16.6 Å². The molecule has 3 heterocycles. The van der Waals surface area contributed by atoms with Gasteiger partial charge in [0.15, 0.2) is 11.5 Å². The number of para-hydroxylation sites is 2. The first-order valence-corrected chi connectivity index (χ1v) is 10.1. The summed E-state index contributed by atoms with van der Waals surface area (Å²) < 4.78 is 2.18. The fraction of sp³-hybridized carbons (Fsp3) is 0.318. The van der Waals surface area contributed by atoms with E-state index in [9.17, 15) is 0 Å². The third kappa shape index (κ3) is 2.99. The minimum absolute atomic E-state index is 0.865. The molecule has 0 bridgehead atoms. The predicted molar refractivity (Wildman–Crippen MR) is 111 cm³/mol. The van der Waals surface area contributed by atoms with Crippen molar-refractivity contribution in [3.05, 3.63) is 66.2 Å². The van der Waals surface area contributed by atoms with Crippen LogP contribution in [0.1, 0.15) is 18.6 Å². The number of nitrogens with zero attached hydrogens (tertiary/aromatic N) is 5. The normalized spacial score (nSPS) is 15.5. The molecule has 4 aromatic rings. The molecule has 0 aliphatic carbocycles. The fourth-order valence-corrected chi connectivity index (χ4v) is 4.18. The van der Waals surface area contributed by atoms with Crippen molar-refractivity contribution in [2.45, 2.75) is 19.9 Å². The van der Waals surface area contributed by atoms with E-state index in [2.05, 4.69) is 68.9 Å². The van der Waals surface area contributed by atoms with Gasteiger partial charge in [-0.1, -0.05) is 37.3 Å². The SMILES string of the molecule is CCc1nc2ccccc2c2nnc(C[NH+]3CCN(c4ccccc4)CC3)n12. The summed E-state index contributed by atoms with van der Waals surface area (Å²) in [6, 6.07) is 18.9. The van der Waals surface area contributed by atoms with Crippen LogP contribution >= 0.6 is 0 Å². The zero-order chi connectivity index (χ0) is 18.9. The summed E-state index contributed by atoms with van der Waals surface area (Å²) in [5.74, 6) is 2.06. The molecule has 1 aliphatic heterocycles. The van der Waals surface area contributed by atoms with Crippen LogP contribution in [0.5, 0.6) is 0 Å². The first-order valence-electron chi connectivity index (χ1n) is 10.1. The highest BCUT2D eigenvalue weighted by atomic mass is 15.3. The van der Waals surface area contributed by atoms with Crippen LogP contribution in [0.4, 0.5) is 5.69 Å². The minimum atomic E-state index is 0.865. The molecule has 2 aromatic carbocycles. The Bertz CT molecular complexity index is 1100. The molecule has 1 fully saturated rings. The maximum atomic E-state index is 4.87. The number of anilines is 1. The number of quaternary nitrogens is 1. The Labute approximate surface area is 164 Å². The fourth-order valence-electron chi connectivity index (χ4n) is 4.18. The Morgan fingerprint density at radius 3 is 2.43 bits per heavy atom. The van der Waals surface area contributed by atoms with Gasteiger partial charge >= 0.3 is 0 Å². The maximum absolute atomic E-state index is 4.87. The Morgan fingerprint density at radius 1 is 0.893 bits per heavy atom. The molecule has 6 nitrogen and oxygen atoms in total. The maximum Gasteiger partial charge on any atom is 0.194 e. The van der Waals surface area contributed by atoms with Crippen LogP contribution in [-0.4, -0.2) is 45.8 Å². The second-order valence-electron chi connectivity index (χ2n) is 7.42. The number of aromatic nitrogens is 4. The third-order valence-electron chi connectivity index (χ3n) is 5.70. The summed E-state index contributed by atoms with van der Waals surface area (Å²) >= 11 is 0. The molecule has 6 heteroatoms. The molecule has 28 heavy (non-hydrogen) atoms. The number of aryl methyl sites for hydroxylation is 1. The van der Waals surface area contributed by atoms with Crippen molar-refractivity contribution in [2.75, 3.05) is 31.1 Å². The summed E-state index contributed by atoms with van der Waals surface area (Å²) in [6.07, 6.45) is 0.865. The van der Waals surface area contributed by atoms with Crippen molar-refractivity contribution < 1.29 is 4.90 Å². The summed E-state index contributed by atoms with van der Waals surface area (Å²) in [5, 5.41) is 10.2. The molecule has 2 aromatic heterocycles. The molecule has 0 saturated carbocycles. The number of piperazine rings is 1. The van der Waals surface area contributed by atoms with Crippen molar-refractivity contribution in [3.63, 3.8) is 0 Å².